The average Bonchev–Trinajstić information content (AvgIpc) is 3.02. The molecule has 1 aliphatic rings. The number of benzene rings is 2. The lowest BCUT2D eigenvalue weighted by Gasteiger charge is -2.17. The molecule has 0 saturated carbocycles. The first kappa shape index (κ1) is 13.9. The molecular formula is C17H19NO3. The Morgan fingerprint density at radius 1 is 1.10 bits per heavy atom. The second-order valence-corrected chi connectivity index (χ2v) is 5.37. The van der Waals surface area contributed by atoms with Crippen molar-refractivity contribution in [3.05, 3.63) is 42.0 Å². The monoisotopic (exact) mass is 285 g/mol. The maximum Gasteiger partial charge on any atom is 0.310 e. The van der Waals surface area contributed by atoms with E-state index >= 15 is 0 Å². The van der Waals surface area contributed by atoms with Gasteiger partial charge in [0.15, 0.2) is 0 Å². The highest BCUT2D eigenvalue weighted by Gasteiger charge is 2.34. The van der Waals surface area contributed by atoms with Crippen LogP contribution in [0.5, 0.6) is 5.75 Å². The van der Waals surface area contributed by atoms with E-state index in [1.54, 1.807) is 7.11 Å². The zero-order chi connectivity index (χ0) is 14.8. The van der Waals surface area contributed by atoms with Gasteiger partial charge in [-0.25, -0.2) is 0 Å². The van der Waals surface area contributed by atoms with Gasteiger partial charge in [-0.2, -0.15) is 0 Å². The predicted molar refractivity (Wildman–Crippen MR) is 81.6 cm³/mol. The van der Waals surface area contributed by atoms with Gasteiger partial charge < -0.3 is 14.8 Å². The molecule has 0 spiro atoms. The lowest BCUT2D eigenvalue weighted by Crippen LogP contribution is -2.22. The van der Waals surface area contributed by atoms with Gasteiger partial charge in [-0.15, -0.1) is 0 Å². The van der Waals surface area contributed by atoms with Gasteiger partial charge in [-0.05, 0) is 28.5 Å². The maximum absolute atomic E-state index is 11.9. The highest BCUT2D eigenvalue weighted by Crippen LogP contribution is 2.31. The summed E-state index contributed by atoms with van der Waals surface area (Å²) in [6.45, 7) is 1.49. The van der Waals surface area contributed by atoms with Gasteiger partial charge in [0.1, 0.15) is 5.75 Å². The molecule has 1 saturated heterocycles. The van der Waals surface area contributed by atoms with Crippen molar-refractivity contribution < 1.29 is 14.3 Å². The number of carbonyl (C=O) groups is 1. The molecule has 4 nitrogen and oxygen atoms in total. The molecule has 2 aromatic rings. The molecule has 1 N–H and O–H groups in total. The SMILES string of the molecule is COC(=O)C1CNCC1c1ccc2cc(OC)ccc2c1. The number of hydrogen-bond donors (Lipinski definition) is 1. The van der Waals surface area contributed by atoms with Gasteiger partial charge in [0, 0.05) is 19.0 Å². The van der Waals surface area contributed by atoms with Crippen LogP contribution in [0.2, 0.25) is 0 Å². The highest BCUT2D eigenvalue weighted by molar-refractivity contribution is 5.85. The average molecular weight is 285 g/mol. The first-order valence-corrected chi connectivity index (χ1v) is 7.09. The van der Waals surface area contributed by atoms with Crippen molar-refractivity contribution in [3.63, 3.8) is 0 Å². The fraction of sp³-hybridized carbons (Fsp3) is 0.353. The summed E-state index contributed by atoms with van der Waals surface area (Å²) in [6, 6.07) is 12.4. The van der Waals surface area contributed by atoms with Gasteiger partial charge >= 0.3 is 5.97 Å². The van der Waals surface area contributed by atoms with Crippen molar-refractivity contribution in [3.8, 4) is 5.75 Å². The van der Waals surface area contributed by atoms with Crippen LogP contribution in [0.1, 0.15) is 11.5 Å². The first-order valence-electron chi connectivity index (χ1n) is 7.09. The fourth-order valence-electron chi connectivity index (χ4n) is 3.03. The van der Waals surface area contributed by atoms with Crippen molar-refractivity contribution in [2.75, 3.05) is 27.3 Å². The molecule has 1 heterocycles. The summed E-state index contributed by atoms with van der Waals surface area (Å²) in [5.41, 5.74) is 1.17. The second kappa shape index (κ2) is 5.74. The molecule has 0 aliphatic carbocycles. The molecule has 110 valence electrons. The van der Waals surface area contributed by atoms with E-state index in [9.17, 15) is 4.79 Å². The van der Waals surface area contributed by atoms with Crippen molar-refractivity contribution in [1.82, 2.24) is 5.32 Å². The summed E-state index contributed by atoms with van der Waals surface area (Å²) >= 11 is 0. The molecule has 1 fully saturated rings. The van der Waals surface area contributed by atoms with Gasteiger partial charge in [0.05, 0.1) is 20.1 Å². The molecule has 2 unspecified atom stereocenters. The molecule has 0 radical (unpaired) electrons. The third-order valence-corrected chi connectivity index (χ3v) is 4.22. The Morgan fingerprint density at radius 2 is 1.86 bits per heavy atom. The molecule has 3 rings (SSSR count). The molecule has 1 aliphatic heterocycles. The Bertz CT molecular complexity index is 668. The Balaban J connectivity index is 1.95. The van der Waals surface area contributed by atoms with Gasteiger partial charge in [0.2, 0.25) is 0 Å². The number of rotatable bonds is 3. The van der Waals surface area contributed by atoms with E-state index in [-0.39, 0.29) is 17.8 Å². The Hall–Kier alpha value is -2.07. The number of fused-ring (bicyclic) bond motifs is 1. The lowest BCUT2D eigenvalue weighted by atomic mass is 9.88. The van der Waals surface area contributed by atoms with Crippen LogP contribution in [-0.2, 0) is 9.53 Å². The van der Waals surface area contributed by atoms with Crippen LogP contribution in [0, 0.1) is 5.92 Å². The summed E-state index contributed by atoms with van der Waals surface area (Å²) in [4.78, 5) is 11.9. The molecule has 0 aromatic heterocycles. The lowest BCUT2D eigenvalue weighted by molar-refractivity contribution is -0.145. The topological polar surface area (TPSA) is 47.6 Å². The highest BCUT2D eigenvalue weighted by atomic mass is 16.5. The fourth-order valence-corrected chi connectivity index (χ4v) is 3.03. The minimum atomic E-state index is -0.139. The van der Waals surface area contributed by atoms with E-state index in [0.717, 1.165) is 23.1 Å². The Morgan fingerprint density at radius 3 is 2.62 bits per heavy atom. The van der Waals surface area contributed by atoms with Crippen LogP contribution >= 0.6 is 0 Å². The molecule has 2 atom stereocenters. The van der Waals surface area contributed by atoms with Gasteiger partial charge in [-0.3, -0.25) is 4.79 Å². The molecule has 0 bridgehead atoms. The molecular weight excluding hydrogens is 266 g/mol. The number of esters is 1. The van der Waals surface area contributed by atoms with Gasteiger partial charge in [0.25, 0.3) is 0 Å². The number of carbonyl (C=O) groups excluding carboxylic acids is 1. The van der Waals surface area contributed by atoms with Crippen LogP contribution in [0.15, 0.2) is 36.4 Å². The number of methoxy groups -OCH3 is 2. The molecule has 21 heavy (non-hydrogen) atoms. The molecule has 0 amide bonds. The standard InChI is InChI=1S/C17H19NO3/c1-20-14-6-5-11-7-13(4-3-12(11)8-14)15-9-18-10-16(15)17(19)21-2/h3-8,15-16,18H,9-10H2,1-2H3. The predicted octanol–water partition coefficient (Wildman–Crippen LogP) is 2.32. The van der Waals surface area contributed by atoms with E-state index in [1.807, 2.05) is 18.2 Å². The van der Waals surface area contributed by atoms with Crippen molar-refractivity contribution in [2.24, 2.45) is 5.92 Å². The normalized spacial score (nSPS) is 21.4. The van der Waals surface area contributed by atoms with Crippen molar-refractivity contribution in [2.45, 2.75) is 5.92 Å². The van der Waals surface area contributed by atoms with Crippen LogP contribution in [0.3, 0.4) is 0 Å². The summed E-state index contributed by atoms with van der Waals surface area (Å²) in [6.07, 6.45) is 0. The third-order valence-electron chi connectivity index (χ3n) is 4.22. The van der Waals surface area contributed by atoms with Crippen LogP contribution < -0.4 is 10.1 Å². The molecule has 2 aromatic carbocycles. The van der Waals surface area contributed by atoms with E-state index in [2.05, 4.69) is 23.5 Å². The Kier molecular flexibility index (Phi) is 3.80. The van der Waals surface area contributed by atoms with Gasteiger partial charge in [-0.1, -0.05) is 24.3 Å². The number of hydrogen-bond acceptors (Lipinski definition) is 4. The molecule has 4 heteroatoms. The van der Waals surface area contributed by atoms with E-state index in [0.29, 0.717) is 6.54 Å². The minimum Gasteiger partial charge on any atom is -0.497 e. The van der Waals surface area contributed by atoms with Crippen LogP contribution in [-0.4, -0.2) is 33.3 Å². The summed E-state index contributed by atoms with van der Waals surface area (Å²) in [5.74, 6) is 0.777. The minimum absolute atomic E-state index is 0.106. The van der Waals surface area contributed by atoms with E-state index in [4.69, 9.17) is 9.47 Å². The van der Waals surface area contributed by atoms with Crippen LogP contribution in [0.25, 0.3) is 10.8 Å². The quantitative estimate of drug-likeness (QED) is 0.879. The largest absolute Gasteiger partial charge is 0.497 e. The van der Waals surface area contributed by atoms with Crippen molar-refractivity contribution in [1.29, 1.82) is 0 Å². The first-order chi connectivity index (χ1) is 10.2. The van der Waals surface area contributed by atoms with Crippen LogP contribution in [0.4, 0.5) is 0 Å². The Labute approximate surface area is 124 Å². The van der Waals surface area contributed by atoms with Crippen molar-refractivity contribution >= 4 is 16.7 Å². The maximum atomic E-state index is 11.9. The number of nitrogens with one attached hydrogen (secondary N) is 1. The van der Waals surface area contributed by atoms with E-state index in [1.165, 1.54) is 12.7 Å². The zero-order valence-electron chi connectivity index (χ0n) is 12.3. The third kappa shape index (κ3) is 2.59. The second-order valence-electron chi connectivity index (χ2n) is 5.37. The summed E-state index contributed by atoms with van der Waals surface area (Å²) < 4.78 is 10.2. The summed E-state index contributed by atoms with van der Waals surface area (Å²) in [7, 11) is 3.12. The smallest absolute Gasteiger partial charge is 0.310 e. The van der Waals surface area contributed by atoms with E-state index < -0.39 is 0 Å². The summed E-state index contributed by atoms with van der Waals surface area (Å²) in [5, 5.41) is 5.58. The number of ether oxygens (including phenoxy) is 2. The zero-order valence-corrected chi connectivity index (χ0v) is 12.3.